The molecule has 0 aromatic carbocycles. The van der Waals surface area contributed by atoms with E-state index in [1.54, 1.807) is 12.1 Å². The molecule has 1 aliphatic heterocycles. The molecule has 7 heteroatoms. The Morgan fingerprint density at radius 2 is 2.24 bits per heavy atom. The van der Waals surface area contributed by atoms with Crippen LogP contribution in [-0.4, -0.2) is 42.6 Å². The maximum atomic E-state index is 12.1. The first-order chi connectivity index (χ1) is 8.04. The fourth-order valence-electron chi connectivity index (χ4n) is 1.58. The molecule has 1 aromatic heterocycles. The summed E-state index contributed by atoms with van der Waals surface area (Å²) in [4.78, 5) is 4.29. The van der Waals surface area contributed by atoms with Crippen LogP contribution in [0.2, 0.25) is 0 Å². The Morgan fingerprint density at radius 1 is 1.53 bits per heavy atom. The van der Waals surface area contributed by atoms with E-state index in [4.69, 9.17) is 0 Å². The minimum absolute atomic E-state index is 0.152. The van der Waals surface area contributed by atoms with Crippen molar-refractivity contribution in [2.75, 3.05) is 25.0 Å². The van der Waals surface area contributed by atoms with E-state index in [9.17, 15) is 8.42 Å². The maximum Gasteiger partial charge on any atom is 0.244 e. The van der Waals surface area contributed by atoms with E-state index in [1.165, 1.54) is 10.5 Å². The highest BCUT2D eigenvalue weighted by Gasteiger charge is 2.34. The minimum Gasteiger partial charge on any atom is -0.370 e. The number of hydrogen-bond acceptors (Lipinski definition) is 5. The Bertz CT molecular complexity index is 481. The number of nitrogens with zero attached hydrogens (tertiary/aromatic N) is 2. The lowest BCUT2D eigenvalue weighted by atomic mass is 10.3. The largest absolute Gasteiger partial charge is 0.370 e. The minimum atomic E-state index is -3.37. The fourth-order valence-corrected chi connectivity index (χ4v) is 3.67. The summed E-state index contributed by atoms with van der Waals surface area (Å²) in [5, 5.41) is 3.17. The Kier molecular flexibility index (Phi) is 3.60. The average molecular weight is 273 g/mol. The van der Waals surface area contributed by atoms with Crippen molar-refractivity contribution in [2.24, 2.45) is 0 Å². The molecule has 0 bridgehead atoms. The third-order valence-corrected chi connectivity index (χ3v) is 4.70. The Morgan fingerprint density at radius 3 is 2.71 bits per heavy atom. The van der Waals surface area contributed by atoms with Crippen molar-refractivity contribution in [3.63, 3.8) is 0 Å². The molecule has 0 radical (unpaired) electrons. The summed E-state index contributed by atoms with van der Waals surface area (Å²) in [6.45, 7) is 3.66. The number of aromatic nitrogens is 1. The van der Waals surface area contributed by atoms with Gasteiger partial charge in [-0.1, -0.05) is 0 Å². The van der Waals surface area contributed by atoms with Crippen molar-refractivity contribution in [2.45, 2.75) is 17.1 Å². The first kappa shape index (κ1) is 12.7. The van der Waals surface area contributed by atoms with Gasteiger partial charge >= 0.3 is 0 Å². The van der Waals surface area contributed by atoms with Gasteiger partial charge in [-0.05, 0) is 19.1 Å². The van der Waals surface area contributed by atoms with Gasteiger partial charge in [-0.15, -0.1) is 0 Å². The van der Waals surface area contributed by atoms with Crippen LogP contribution in [0.1, 0.15) is 6.92 Å². The molecule has 2 heterocycles. The summed E-state index contributed by atoms with van der Waals surface area (Å²) in [5.74, 6) is 0.683. The Hall–Kier alpha value is -0.790. The summed E-state index contributed by atoms with van der Waals surface area (Å²) in [6, 6.07) is 3.25. The molecule has 1 fully saturated rings. The van der Waals surface area contributed by atoms with Crippen molar-refractivity contribution in [1.29, 1.82) is 0 Å². The second kappa shape index (κ2) is 4.83. The van der Waals surface area contributed by atoms with Crippen molar-refractivity contribution in [3.8, 4) is 0 Å². The summed E-state index contributed by atoms with van der Waals surface area (Å²) < 4.78 is 25.5. The molecule has 5 nitrogen and oxygen atoms in total. The molecule has 2 rings (SSSR count). The van der Waals surface area contributed by atoms with Gasteiger partial charge in [0.2, 0.25) is 10.0 Å². The van der Waals surface area contributed by atoms with Crippen LogP contribution in [0.5, 0.6) is 0 Å². The van der Waals surface area contributed by atoms with E-state index in [0.717, 1.165) is 6.54 Å². The van der Waals surface area contributed by atoms with E-state index in [0.29, 0.717) is 18.9 Å². The summed E-state index contributed by atoms with van der Waals surface area (Å²) in [6.07, 6.45) is 1.39. The topological polar surface area (TPSA) is 62.3 Å². The van der Waals surface area contributed by atoms with E-state index < -0.39 is 10.0 Å². The molecule has 0 saturated carbocycles. The van der Waals surface area contributed by atoms with E-state index in [2.05, 4.69) is 22.9 Å². The molecule has 1 saturated heterocycles. The van der Waals surface area contributed by atoms with Crippen LogP contribution in [0.3, 0.4) is 0 Å². The SMILES string of the molecule is CCNc1ccc(S(=O)(=O)N2CC(S)C2)cn1. The van der Waals surface area contributed by atoms with Crippen molar-refractivity contribution in [1.82, 2.24) is 9.29 Å². The second-order valence-electron chi connectivity index (χ2n) is 3.89. The number of pyridine rings is 1. The zero-order valence-corrected chi connectivity index (χ0v) is 11.2. The first-order valence-corrected chi connectivity index (χ1v) is 7.38. The molecule has 94 valence electrons. The predicted octanol–water partition coefficient (Wildman–Crippen LogP) is 0.816. The quantitative estimate of drug-likeness (QED) is 0.797. The Balaban J connectivity index is 2.16. The molecule has 1 aromatic rings. The molecule has 0 spiro atoms. The van der Waals surface area contributed by atoms with Crippen LogP contribution >= 0.6 is 12.6 Å². The zero-order valence-electron chi connectivity index (χ0n) is 9.50. The number of anilines is 1. The van der Waals surface area contributed by atoms with Crippen molar-refractivity contribution < 1.29 is 8.42 Å². The van der Waals surface area contributed by atoms with Gasteiger partial charge in [-0.2, -0.15) is 16.9 Å². The molecule has 1 N–H and O–H groups in total. The van der Waals surface area contributed by atoms with Gasteiger partial charge in [0, 0.05) is 31.1 Å². The molecule has 0 unspecified atom stereocenters. The molecular weight excluding hydrogens is 258 g/mol. The molecule has 1 aliphatic rings. The van der Waals surface area contributed by atoms with Gasteiger partial charge in [0.15, 0.2) is 0 Å². The molecular formula is C10H15N3O2S2. The summed E-state index contributed by atoms with van der Waals surface area (Å²) in [5.41, 5.74) is 0. The summed E-state index contributed by atoms with van der Waals surface area (Å²) in [7, 11) is -3.37. The lowest BCUT2D eigenvalue weighted by molar-refractivity contribution is 0.321. The van der Waals surface area contributed by atoms with Gasteiger partial charge in [-0.25, -0.2) is 13.4 Å². The standard InChI is InChI=1S/C10H15N3O2S2/c1-2-11-10-4-3-9(5-12-10)17(14,15)13-6-8(16)7-13/h3-5,8,16H,2,6-7H2,1H3,(H,11,12). The highest BCUT2D eigenvalue weighted by Crippen LogP contribution is 2.23. The van der Waals surface area contributed by atoms with Crippen LogP contribution in [0, 0.1) is 0 Å². The normalized spacial score (nSPS) is 17.8. The maximum absolute atomic E-state index is 12.1. The van der Waals surface area contributed by atoms with E-state index >= 15 is 0 Å². The lowest BCUT2D eigenvalue weighted by Gasteiger charge is -2.34. The smallest absolute Gasteiger partial charge is 0.244 e. The fraction of sp³-hybridized carbons (Fsp3) is 0.500. The second-order valence-corrected chi connectivity index (χ2v) is 6.55. The third kappa shape index (κ3) is 2.56. The van der Waals surface area contributed by atoms with Gasteiger partial charge in [0.25, 0.3) is 0 Å². The van der Waals surface area contributed by atoms with Crippen LogP contribution in [-0.2, 0) is 10.0 Å². The third-order valence-electron chi connectivity index (χ3n) is 2.56. The van der Waals surface area contributed by atoms with Gasteiger partial charge in [0.05, 0.1) is 0 Å². The number of rotatable bonds is 4. The molecule has 0 amide bonds. The van der Waals surface area contributed by atoms with Crippen LogP contribution < -0.4 is 5.32 Å². The highest BCUT2D eigenvalue weighted by molar-refractivity contribution is 7.89. The van der Waals surface area contributed by atoms with Gasteiger partial charge in [0.1, 0.15) is 10.7 Å². The number of hydrogen-bond donors (Lipinski definition) is 2. The highest BCUT2D eigenvalue weighted by atomic mass is 32.2. The first-order valence-electron chi connectivity index (χ1n) is 5.42. The van der Waals surface area contributed by atoms with Crippen LogP contribution in [0.15, 0.2) is 23.2 Å². The number of sulfonamides is 1. The van der Waals surface area contributed by atoms with Crippen molar-refractivity contribution >= 4 is 28.5 Å². The van der Waals surface area contributed by atoms with Gasteiger partial charge in [-0.3, -0.25) is 0 Å². The zero-order chi connectivity index (χ0) is 12.5. The predicted molar refractivity (Wildman–Crippen MR) is 69.9 cm³/mol. The molecule has 0 atom stereocenters. The summed E-state index contributed by atoms with van der Waals surface area (Å²) >= 11 is 4.20. The average Bonchev–Trinajstić information content (AvgIpc) is 2.26. The lowest BCUT2D eigenvalue weighted by Crippen LogP contribution is -2.50. The Labute approximate surface area is 107 Å². The van der Waals surface area contributed by atoms with E-state index in [-0.39, 0.29) is 10.1 Å². The number of thiol groups is 1. The van der Waals surface area contributed by atoms with Crippen LogP contribution in [0.25, 0.3) is 0 Å². The van der Waals surface area contributed by atoms with Crippen molar-refractivity contribution in [3.05, 3.63) is 18.3 Å². The van der Waals surface area contributed by atoms with E-state index in [1.807, 2.05) is 6.92 Å². The molecule has 17 heavy (non-hydrogen) atoms. The molecule has 0 aliphatic carbocycles. The monoisotopic (exact) mass is 273 g/mol. The van der Waals surface area contributed by atoms with Gasteiger partial charge < -0.3 is 5.32 Å². The van der Waals surface area contributed by atoms with Crippen LogP contribution in [0.4, 0.5) is 5.82 Å². The number of nitrogens with one attached hydrogen (secondary N) is 1.